The highest BCUT2D eigenvalue weighted by Gasteiger charge is 2.18. The molecule has 2 aromatic heterocycles. The summed E-state index contributed by atoms with van der Waals surface area (Å²) in [7, 11) is 0. The minimum absolute atomic E-state index is 0.249. The van der Waals surface area contributed by atoms with Crippen LogP contribution in [0.5, 0.6) is 0 Å². The van der Waals surface area contributed by atoms with Crippen molar-refractivity contribution in [3.8, 4) is 23.0 Å². The van der Waals surface area contributed by atoms with E-state index in [9.17, 15) is 0 Å². The van der Waals surface area contributed by atoms with Crippen molar-refractivity contribution in [2.24, 2.45) is 0 Å². The molecule has 0 saturated carbocycles. The predicted octanol–water partition coefficient (Wildman–Crippen LogP) is 2.15. The minimum atomic E-state index is 0.249. The minimum Gasteiger partial charge on any atom is -0.382 e. The Labute approximate surface area is 121 Å². The van der Waals surface area contributed by atoms with E-state index in [1.54, 1.807) is 4.68 Å². The zero-order valence-electron chi connectivity index (χ0n) is 11.5. The second-order valence-corrected chi connectivity index (χ2v) is 4.73. The second kappa shape index (κ2) is 5.20. The van der Waals surface area contributed by atoms with Crippen LogP contribution < -0.4 is 5.73 Å². The summed E-state index contributed by atoms with van der Waals surface area (Å²) in [5, 5.41) is 11.9. The summed E-state index contributed by atoms with van der Waals surface area (Å²) in [6.45, 7) is 6.21. The molecule has 106 valence electrons. The smallest absolute Gasteiger partial charge is 0.282 e. The molecule has 0 fully saturated rings. The molecular formula is C14H14N6O. The molecule has 0 amide bonds. The largest absolute Gasteiger partial charge is 0.382 e. The third-order valence-electron chi connectivity index (χ3n) is 2.85. The van der Waals surface area contributed by atoms with Gasteiger partial charge < -0.3 is 10.3 Å². The highest BCUT2D eigenvalue weighted by atomic mass is 16.5. The van der Waals surface area contributed by atoms with Gasteiger partial charge in [0, 0.05) is 5.56 Å². The van der Waals surface area contributed by atoms with Crippen LogP contribution in [0.25, 0.3) is 23.0 Å². The molecule has 1 aromatic carbocycles. The van der Waals surface area contributed by atoms with Crippen LogP contribution in [0.2, 0.25) is 0 Å². The van der Waals surface area contributed by atoms with E-state index in [0.717, 1.165) is 11.1 Å². The summed E-state index contributed by atoms with van der Waals surface area (Å²) in [6.07, 6.45) is 0. The summed E-state index contributed by atoms with van der Waals surface area (Å²) < 4.78 is 6.77. The van der Waals surface area contributed by atoms with Crippen LogP contribution >= 0.6 is 0 Å². The van der Waals surface area contributed by atoms with Gasteiger partial charge in [-0.15, -0.1) is 5.10 Å². The molecule has 0 spiro atoms. The maximum atomic E-state index is 6.00. The Kier molecular flexibility index (Phi) is 3.23. The molecule has 0 bridgehead atoms. The number of aromatic nitrogens is 5. The van der Waals surface area contributed by atoms with Gasteiger partial charge in [0.2, 0.25) is 5.82 Å². The fraction of sp³-hybridized carbons (Fsp3) is 0.143. The standard InChI is InChI=1S/C14H14N6O/c1-9(2)8-20-12(15)11(17-19-20)14-16-13(18-21-14)10-6-4-3-5-7-10/h3-7H,1,8,15H2,2H3. The zero-order valence-corrected chi connectivity index (χ0v) is 11.5. The van der Waals surface area contributed by atoms with Crippen molar-refractivity contribution in [1.29, 1.82) is 0 Å². The van der Waals surface area contributed by atoms with Gasteiger partial charge in [-0.1, -0.05) is 52.9 Å². The van der Waals surface area contributed by atoms with Crippen LogP contribution in [0.15, 0.2) is 47.0 Å². The topological polar surface area (TPSA) is 95.6 Å². The molecule has 3 rings (SSSR count). The fourth-order valence-corrected chi connectivity index (χ4v) is 1.87. The number of nitrogens with two attached hydrogens (primary N) is 1. The number of anilines is 1. The van der Waals surface area contributed by atoms with Crippen LogP contribution in [0.1, 0.15) is 6.92 Å². The average Bonchev–Trinajstić information content (AvgIpc) is 3.08. The van der Waals surface area contributed by atoms with Gasteiger partial charge in [-0.2, -0.15) is 4.98 Å². The molecule has 0 aliphatic heterocycles. The summed E-state index contributed by atoms with van der Waals surface area (Å²) >= 11 is 0. The first-order valence-corrected chi connectivity index (χ1v) is 6.38. The van der Waals surface area contributed by atoms with Gasteiger partial charge in [0.15, 0.2) is 11.5 Å². The van der Waals surface area contributed by atoms with Crippen LogP contribution in [0.4, 0.5) is 5.82 Å². The van der Waals surface area contributed by atoms with Gasteiger partial charge in [0.05, 0.1) is 6.54 Å². The first-order chi connectivity index (χ1) is 10.1. The lowest BCUT2D eigenvalue weighted by Gasteiger charge is -2.00. The Bertz CT molecular complexity index is 774. The molecule has 0 atom stereocenters. The molecule has 7 heteroatoms. The molecule has 7 nitrogen and oxygen atoms in total. The van der Waals surface area contributed by atoms with Crippen LogP contribution in [0, 0.1) is 0 Å². The quantitative estimate of drug-likeness (QED) is 0.737. The van der Waals surface area contributed by atoms with Gasteiger partial charge >= 0.3 is 0 Å². The van der Waals surface area contributed by atoms with Gasteiger partial charge in [0.1, 0.15) is 0 Å². The number of benzene rings is 1. The van der Waals surface area contributed by atoms with Crippen molar-refractivity contribution in [3.63, 3.8) is 0 Å². The monoisotopic (exact) mass is 282 g/mol. The van der Waals surface area contributed by atoms with Gasteiger partial charge in [-0.05, 0) is 6.92 Å². The molecule has 2 N–H and O–H groups in total. The Morgan fingerprint density at radius 3 is 2.81 bits per heavy atom. The number of nitrogens with zero attached hydrogens (tertiary/aromatic N) is 5. The van der Waals surface area contributed by atoms with E-state index in [0.29, 0.717) is 23.9 Å². The van der Waals surface area contributed by atoms with Crippen molar-refractivity contribution in [2.75, 3.05) is 5.73 Å². The molecule has 2 heterocycles. The number of hydrogen-bond donors (Lipinski definition) is 1. The lowest BCUT2D eigenvalue weighted by molar-refractivity contribution is 0.431. The Balaban J connectivity index is 1.94. The first kappa shape index (κ1) is 13.0. The highest BCUT2D eigenvalue weighted by molar-refractivity contribution is 5.64. The molecule has 0 unspecified atom stereocenters. The molecule has 0 aliphatic rings. The zero-order chi connectivity index (χ0) is 14.8. The Morgan fingerprint density at radius 1 is 1.33 bits per heavy atom. The summed E-state index contributed by atoms with van der Waals surface area (Å²) in [6, 6.07) is 9.53. The highest BCUT2D eigenvalue weighted by Crippen LogP contribution is 2.24. The molecular weight excluding hydrogens is 268 g/mol. The van der Waals surface area contributed by atoms with E-state index in [1.165, 1.54) is 0 Å². The number of nitrogen functional groups attached to an aromatic ring is 1. The maximum Gasteiger partial charge on any atom is 0.282 e. The van der Waals surface area contributed by atoms with E-state index >= 15 is 0 Å². The average molecular weight is 282 g/mol. The summed E-state index contributed by atoms with van der Waals surface area (Å²) in [5.41, 5.74) is 8.17. The number of hydrogen-bond acceptors (Lipinski definition) is 6. The van der Waals surface area contributed by atoms with E-state index in [-0.39, 0.29) is 5.89 Å². The third-order valence-corrected chi connectivity index (χ3v) is 2.85. The van der Waals surface area contributed by atoms with Gasteiger partial charge in [-0.3, -0.25) is 0 Å². The maximum absolute atomic E-state index is 6.00. The van der Waals surface area contributed by atoms with Crippen LogP contribution in [-0.4, -0.2) is 25.1 Å². The van der Waals surface area contributed by atoms with Crippen LogP contribution in [0.3, 0.4) is 0 Å². The van der Waals surface area contributed by atoms with E-state index < -0.39 is 0 Å². The van der Waals surface area contributed by atoms with Crippen molar-refractivity contribution < 1.29 is 4.52 Å². The lowest BCUT2D eigenvalue weighted by Crippen LogP contribution is -2.05. The number of allylic oxidation sites excluding steroid dienone is 1. The third kappa shape index (κ3) is 2.53. The second-order valence-electron chi connectivity index (χ2n) is 4.73. The fourth-order valence-electron chi connectivity index (χ4n) is 1.87. The SMILES string of the molecule is C=C(C)Cn1nnc(-c2nc(-c3ccccc3)no2)c1N. The van der Waals surface area contributed by atoms with Crippen LogP contribution in [-0.2, 0) is 6.54 Å². The van der Waals surface area contributed by atoms with Gasteiger partial charge in [-0.25, -0.2) is 4.68 Å². The van der Waals surface area contributed by atoms with E-state index in [2.05, 4.69) is 27.0 Å². The van der Waals surface area contributed by atoms with Crippen molar-refractivity contribution in [2.45, 2.75) is 13.5 Å². The molecule has 21 heavy (non-hydrogen) atoms. The van der Waals surface area contributed by atoms with Gasteiger partial charge in [0.25, 0.3) is 5.89 Å². The van der Waals surface area contributed by atoms with Crippen molar-refractivity contribution >= 4 is 5.82 Å². The normalized spacial score (nSPS) is 10.7. The molecule has 0 radical (unpaired) electrons. The lowest BCUT2D eigenvalue weighted by atomic mass is 10.2. The van der Waals surface area contributed by atoms with E-state index in [4.69, 9.17) is 10.3 Å². The van der Waals surface area contributed by atoms with Crippen molar-refractivity contribution in [1.82, 2.24) is 25.1 Å². The summed E-state index contributed by atoms with van der Waals surface area (Å²) in [4.78, 5) is 4.31. The molecule has 0 saturated heterocycles. The first-order valence-electron chi connectivity index (χ1n) is 6.38. The van der Waals surface area contributed by atoms with E-state index in [1.807, 2.05) is 37.3 Å². The molecule has 3 aromatic rings. The summed E-state index contributed by atoms with van der Waals surface area (Å²) in [5.74, 6) is 1.11. The number of rotatable bonds is 4. The predicted molar refractivity (Wildman–Crippen MR) is 78.0 cm³/mol. The Morgan fingerprint density at radius 2 is 2.10 bits per heavy atom. The van der Waals surface area contributed by atoms with Crippen molar-refractivity contribution in [3.05, 3.63) is 42.5 Å². The molecule has 0 aliphatic carbocycles. The Hall–Kier alpha value is -2.96.